The molecule has 1 atom stereocenters. The van der Waals surface area contributed by atoms with Crippen LogP contribution in [0.2, 0.25) is 5.02 Å². The average Bonchev–Trinajstić information content (AvgIpc) is 2.43. The summed E-state index contributed by atoms with van der Waals surface area (Å²) >= 11 is 9.39. The number of hydrogen-bond acceptors (Lipinski definition) is 3. The number of aliphatic carboxylic acids is 1. The van der Waals surface area contributed by atoms with Gasteiger partial charge in [-0.25, -0.2) is 4.79 Å². The van der Waals surface area contributed by atoms with E-state index in [1.165, 1.54) is 6.92 Å². The van der Waals surface area contributed by atoms with Crippen LogP contribution in [0.5, 0.6) is 17.2 Å². The molecule has 4 nitrogen and oxygen atoms in total. The fourth-order valence-corrected chi connectivity index (χ4v) is 2.24. The normalized spacial score (nSPS) is 11.8. The van der Waals surface area contributed by atoms with Crippen molar-refractivity contribution in [1.29, 1.82) is 0 Å². The zero-order valence-corrected chi connectivity index (χ0v) is 13.4. The van der Waals surface area contributed by atoms with Crippen LogP contribution >= 0.6 is 27.5 Å². The summed E-state index contributed by atoms with van der Waals surface area (Å²) in [5.74, 6) is 0.554. The first-order valence-electron chi connectivity index (χ1n) is 6.08. The molecule has 0 amide bonds. The van der Waals surface area contributed by atoms with Crippen molar-refractivity contribution in [1.82, 2.24) is 0 Å². The van der Waals surface area contributed by atoms with Gasteiger partial charge in [-0.3, -0.25) is 0 Å². The quantitative estimate of drug-likeness (QED) is 0.824. The highest BCUT2D eigenvalue weighted by Gasteiger charge is 2.12. The Morgan fingerprint density at radius 1 is 1.19 bits per heavy atom. The van der Waals surface area contributed by atoms with E-state index in [0.717, 1.165) is 4.47 Å². The van der Waals surface area contributed by atoms with Crippen LogP contribution in [0.3, 0.4) is 0 Å². The van der Waals surface area contributed by atoms with Crippen molar-refractivity contribution >= 4 is 33.5 Å². The molecule has 0 heterocycles. The summed E-state index contributed by atoms with van der Waals surface area (Å²) in [5, 5.41) is 9.27. The van der Waals surface area contributed by atoms with E-state index in [9.17, 15) is 4.79 Å². The van der Waals surface area contributed by atoms with Gasteiger partial charge in [0.2, 0.25) is 0 Å². The molecule has 0 fully saturated rings. The second kappa shape index (κ2) is 6.83. The lowest BCUT2D eigenvalue weighted by atomic mass is 10.3. The molecule has 0 unspecified atom stereocenters. The van der Waals surface area contributed by atoms with Gasteiger partial charge in [0.15, 0.2) is 6.10 Å². The van der Waals surface area contributed by atoms with Crippen LogP contribution in [0.4, 0.5) is 0 Å². The lowest BCUT2D eigenvalue weighted by Gasteiger charge is -2.11. The third-order valence-electron chi connectivity index (χ3n) is 2.61. The largest absolute Gasteiger partial charge is 0.479 e. The van der Waals surface area contributed by atoms with E-state index in [-0.39, 0.29) is 0 Å². The molecule has 0 saturated carbocycles. The minimum atomic E-state index is -1.02. The number of benzene rings is 2. The van der Waals surface area contributed by atoms with E-state index < -0.39 is 12.1 Å². The van der Waals surface area contributed by atoms with E-state index in [1.807, 2.05) is 6.07 Å². The highest BCUT2D eigenvalue weighted by atomic mass is 79.9. The number of hydrogen-bond donors (Lipinski definition) is 1. The maximum Gasteiger partial charge on any atom is 0.344 e. The third-order valence-corrected chi connectivity index (χ3v) is 3.39. The van der Waals surface area contributed by atoms with E-state index in [1.54, 1.807) is 36.4 Å². The van der Waals surface area contributed by atoms with Crippen LogP contribution in [0, 0.1) is 0 Å². The first-order chi connectivity index (χ1) is 9.95. The smallest absolute Gasteiger partial charge is 0.344 e. The Balaban J connectivity index is 2.07. The Morgan fingerprint density at radius 2 is 1.81 bits per heavy atom. The average molecular weight is 372 g/mol. The van der Waals surface area contributed by atoms with E-state index in [4.69, 9.17) is 26.2 Å². The van der Waals surface area contributed by atoms with Gasteiger partial charge < -0.3 is 14.6 Å². The number of halogens is 2. The minimum absolute atomic E-state index is 0.458. The molecule has 0 aliphatic heterocycles. The van der Waals surface area contributed by atoms with Crippen molar-refractivity contribution in [3.8, 4) is 17.2 Å². The fraction of sp³-hybridized carbons (Fsp3) is 0.133. The summed E-state index contributed by atoms with van der Waals surface area (Å²) < 4.78 is 11.7. The summed E-state index contributed by atoms with van der Waals surface area (Å²) in [4.78, 5) is 10.7. The lowest BCUT2D eigenvalue weighted by molar-refractivity contribution is -0.144. The van der Waals surface area contributed by atoms with Gasteiger partial charge in [-0.05, 0) is 49.4 Å². The van der Waals surface area contributed by atoms with Crippen LogP contribution in [0.1, 0.15) is 6.92 Å². The predicted molar refractivity (Wildman–Crippen MR) is 83.4 cm³/mol. The van der Waals surface area contributed by atoms with Crippen LogP contribution in [-0.4, -0.2) is 17.2 Å². The highest BCUT2D eigenvalue weighted by molar-refractivity contribution is 9.10. The SMILES string of the molecule is C[C@H](Oc1ccc(Oc2ccc(Br)cc2Cl)cc1)C(=O)O. The van der Waals surface area contributed by atoms with Crippen LogP contribution in [0.15, 0.2) is 46.9 Å². The Hall–Kier alpha value is -1.72. The van der Waals surface area contributed by atoms with Crippen molar-refractivity contribution in [3.05, 3.63) is 52.0 Å². The molecule has 0 saturated heterocycles. The van der Waals surface area contributed by atoms with Gasteiger partial charge in [0.25, 0.3) is 0 Å². The first-order valence-corrected chi connectivity index (χ1v) is 7.25. The molecule has 0 aromatic heterocycles. The van der Waals surface area contributed by atoms with Gasteiger partial charge in [0.1, 0.15) is 17.2 Å². The molecular weight excluding hydrogens is 360 g/mol. The molecule has 2 aromatic carbocycles. The second-order valence-electron chi connectivity index (χ2n) is 4.25. The van der Waals surface area contributed by atoms with Crippen LogP contribution in [0.25, 0.3) is 0 Å². The minimum Gasteiger partial charge on any atom is -0.479 e. The van der Waals surface area contributed by atoms with Gasteiger partial charge >= 0.3 is 5.97 Å². The zero-order valence-electron chi connectivity index (χ0n) is 11.0. The Kier molecular flexibility index (Phi) is 5.09. The molecule has 0 radical (unpaired) electrons. The molecule has 0 bridgehead atoms. The molecular formula is C15H12BrClO4. The summed E-state index contributed by atoms with van der Waals surface area (Å²) in [6, 6.07) is 12.0. The molecule has 1 N–H and O–H groups in total. The number of carboxylic acids is 1. The maximum absolute atomic E-state index is 10.7. The molecule has 0 aliphatic carbocycles. The van der Waals surface area contributed by atoms with E-state index in [2.05, 4.69) is 15.9 Å². The molecule has 2 aromatic rings. The highest BCUT2D eigenvalue weighted by Crippen LogP contribution is 2.32. The van der Waals surface area contributed by atoms with Crippen LogP contribution < -0.4 is 9.47 Å². The monoisotopic (exact) mass is 370 g/mol. The van der Waals surface area contributed by atoms with Crippen molar-refractivity contribution in [2.24, 2.45) is 0 Å². The standard InChI is InChI=1S/C15H12BrClO4/c1-9(15(18)19)20-11-3-5-12(6-4-11)21-14-7-2-10(16)8-13(14)17/h2-9H,1H3,(H,18,19)/t9-/m0/s1. The fourth-order valence-electron chi connectivity index (χ4n) is 1.53. The van der Waals surface area contributed by atoms with E-state index in [0.29, 0.717) is 22.3 Å². The Bertz CT molecular complexity index is 643. The summed E-state index contributed by atoms with van der Waals surface area (Å²) in [6.45, 7) is 1.47. The van der Waals surface area contributed by atoms with Crippen molar-refractivity contribution in [2.75, 3.05) is 0 Å². The van der Waals surface area contributed by atoms with E-state index >= 15 is 0 Å². The van der Waals surface area contributed by atoms with Crippen molar-refractivity contribution in [2.45, 2.75) is 13.0 Å². The Morgan fingerprint density at radius 3 is 2.38 bits per heavy atom. The van der Waals surface area contributed by atoms with Gasteiger partial charge in [-0.1, -0.05) is 27.5 Å². The summed E-state index contributed by atoms with van der Waals surface area (Å²) in [5.41, 5.74) is 0. The molecule has 0 aliphatic rings. The Labute approximate surface area is 135 Å². The number of carbonyl (C=O) groups is 1. The summed E-state index contributed by atoms with van der Waals surface area (Å²) in [6.07, 6.45) is -0.905. The zero-order chi connectivity index (χ0) is 15.4. The van der Waals surface area contributed by atoms with Crippen molar-refractivity contribution < 1.29 is 19.4 Å². The molecule has 110 valence electrons. The van der Waals surface area contributed by atoms with Gasteiger partial charge in [-0.2, -0.15) is 0 Å². The molecule has 21 heavy (non-hydrogen) atoms. The topological polar surface area (TPSA) is 55.8 Å². The molecule has 2 rings (SSSR count). The molecule has 0 spiro atoms. The number of ether oxygens (including phenoxy) is 2. The maximum atomic E-state index is 10.7. The van der Waals surface area contributed by atoms with Gasteiger partial charge in [-0.15, -0.1) is 0 Å². The number of rotatable bonds is 5. The predicted octanol–water partition coefficient (Wildman–Crippen LogP) is 4.75. The van der Waals surface area contributed by atoms with Crippen LogP contribution in [-0.2, 0) is 4.79 Å². The third kappa shape index (κ3) is 4.37. The summed E-state index contributed by atoms with van der Waals surface area (Å²) in [7, 11) is 0. The first kappa shape index (κ1) is 15.7. The van der Waals surface area contributed by atoms with Gasteiger partial charge in [0.05, 0.1) is 5.02 Å². The lowest BCUT2D eigenvalue weighted by Crippen LogP contribution is -2.22. The van der Waals surface area contributed by atoms with Crippen molar-refractivity contribution in [3.63, 3.8) is 0 Å². The van der Waals surface area contributed by atoms with Gasteiger partial charge in [0, 0.05) is 4.47 Å². The number of carboxylic acid groups (broad SMARTS) is 1. The molecule has 6 heteroatoms. The second-order valence-corrected chi connectivity index (χ2v) is 5.57.